The average Bonchev–Trinajstić information content (AvgIpc) is 2.50. The molecule has 0 saturated carbocycles. The SMILES string of the molecule is CC.CC.CCCN1CCN(C(=O)CNC(C)=O)CC1. The third-order valence-electron chi connectivity index (χ3n) is 2.75. The zero-order valence-corrected chi connectivity index (χ0v) is 14.2. The highest BCUT2D eigenvalue weighted by molar-refractivity contribution is 5.83. The summed E-state index contributed by atoms with van der Waals surface area (Å²) in [6.45, 7) is 16.3. The van der Waals surface area contributed by atoms with Crippen LogP contribution < -0.4 is 5.32 Å². The van der Waals surface area contributed by atoms with E-state index in [1.54, 1.807) is 0 Å². The van der Waals surface area contributed by atoms with Crippen LogP contribution in [0.2, 0.25) is 0 Å². The smallest absolute Gasteiger partial charge is 0.242 e. The van der Waals surface area contributed by atoms with Gasteiger partial charge in [-0.3, -0.25) is 14.5 Å². The molecule has 1 heterocycles. The highest BCUT2D eigenvalue weighted by Crippen LogP contribution is 2.02. The zero-order chi connectivity index (χ0) is 16.0. The van der Waals surface area contributed by atoms with Crippen molar-refractivity contribution in [2.45, 2.75) is 48.0 Å². The summed E-state index contributed by atoms with van der Waals surface area (Å²) in [6, 6.07) is 0. The van der Waals surface area contributed by atoms with E-state index < -0.39 is 0 Å². The van der Waals surface area contributed by atoms with Crippen LogP contribution in [0.5, 0.6) is 0 Å². The van der Waals surface area contributed by atoms with Gasteiger partial charge in [-0.1, -0.05) is 34.6 Å². The van der Waals surface area contributed by atoms with Gasteiger partial charge in [0.25, 0.3) is 0 Å². The van der Waals surface area contributed by atoms with Gasteiger partial charge in [-0.25, -0.2) is 0 Å². The van der Waals surface area contributed by atoms with Crippen LogP contribution in [0.15, 0.2) is 0 Å². The molecule has 5 nitrogen and oxygen atoms in total. The first kappa shape index (κ1) is 21.2. The molecule has 0 aromatic heterocycles. The van der Waals surface area contributed by atoms with Crippen LogP contribution in [0, 0.1) is 0 Å². The number of nitrogens with zero attached hydrogens (tertiary/aromatic N) is 2. The fourth-order valence-corrected chi connectivity index (χ4v) is 1.85. The molecule has 1 rings (SSSR count). The standard InChI is InChI=1S/C11H21N3O2.2C2H6/c1-3-4-13-5-7-14(8-6-13)11(16)9-12-10(2)15;2*1-2/h3-9H2,1-2H3,(H,12,15);2*1-2H3. The van der Waals surface area contributed by atoms with E-state index in [0.717, 1.165) is 39.1 Å². The maximum absolute atomic E-state index is 11.7. The molecule has 0 aromatic rings. The van der Waals surface area contributed by atoms with Crippen LogP contribution in [0.25, 0.3) is 0 Å². The minimum Gasteiger partial charge on any atom is -0.347 e. The fourth-order valence-electron chi connectivity index (χ4n) is 1.85. The van der Waals surface area contributed by atoms with E-state index in [0.29, 0.717) is 0 Å². The normalized spacial score (nSPS) is 14.4. The first-order valence-corrected chi connectivity index (χ1v) is 7.88. The molecule has 0 spiro atoms. The van der Waals surface area contributed by atoms with Gasteiger partial charge in [0.2, 0.25) is 11.8 Å². The van der Waals surface area contributed by atoms with Gasteiger partial charge in [0.15, 0.2) is 0 Å². The monoisotopic (exact) mass is 287 g/mol. The van der Waals surface area contributed by atoms with Gasteiger partial charge >= 0.3 is 0 Å². The molecule has 1 fully saturated rings. The number of piperazine rings is 1. The Morgan fingerprint density at radius 3 is 1.90 bits per heavy atom. The molecule has 20 heavy (non-hydrogen) atoms. The molecular formula is C15H33N3O2. The highest BCUT2D eigenvalue weighted by Gasteiger charge is 2.20. The number of carbonyl (C=O) groups is 2. The van der Waals surface area contributed by atoms with E-state index in [-0.39, 0.29) is 18.4 Å². The minimum atomic E-state index is -0.155. The lowest BCUT2D eigenvalue weighted by Gasteiger charge is -2.34. The summed E-state index contributed by atoms with van der Waals surface area (Å²) in [4.78, 5) is 26.5. The number of rotatable bonds is 4. The fraction of sp³-hybridized carbons (Fsp3) is 0.867. The second-order valence-electron chi connectivity index (χ2n) is 4.13. The second-order valence-corrected chi connectivity index (χ2v) is 4.13. The van der Waals surface area contributed by atoms with Crippen LogP contribution in [0.4, 0.5) is 0 Å². The molecule has 0 aromatic carbocycles. The van der Waals surface area contributed by atoms with Crippen molar-refractivity contribution in [3.63, 3.8) is 0 Å². The lowest BCUT2D eigenvalue weighted by molar-refractivity contribution is -0.134. The van der Waals surface area contributed by atoms with Gasteiger partial charge in [-0.2, -0.15) is 0 Å². The summed E-state index contributed by atoms with van der Waals surface area (Å²) in [5.41, 5.74) is 0. The van der Waals surface area contributed by atoms with E-state index in [4.69, 9.17) is 0 Å². The van der Waals surface area contributed by atoms with Crippen molar-refractivity contribution >= 4 is 11.8 Å². The highest BCUT2D eigenvalue weighted by atomic mass is 16.2. The molecule has 1 N–H and O–H groups in total. The van der Waals surface area contributed by atoms with E-state index in [2.05, 4.69) is 17.1 Å². The summed E-state index contributed by atoms with van der Waals surface area (Å²) in [7, 11) is 0. The van der Waals surface area contributed by atoms with Crippen LogP contribution >= 0.6 is 0 Å². The van der Waals surface area contributed by atoms with E-state index >= 15 is 0 Å². The molecule has 0 aliphatic carbocycles. The molecule has 0 atom stereocenters. The van der Waals surface area contributed by atoms with Crippen LogP contribution in [-0.4, -0.2) is 60.9 Å². The summed E-state index contributed by atoms with van der Waals surface area (Å²) in [5, 5.41) is 2.54. The summed E-state index contributed by atoms with van der Waals surface area (Å²) in [5.74, 6) is -0.135. The minimum absolute atomic E-state index is 0.0198. The lowest BCUT2D eigenvalue weighted by atomic mass is 10.3. The van der Waals surface area contributed by atoms with Crippen LogP contribution in [0.1, 0.15) is 48.0 Å². The van der Waals surface area contributed by atoms with Gasteiger partial charge in [-0.05, 0) is 13.0 Å². The molecule has 120 valence electrons. The van der Waals surface area contributed by atoms with Crippen molar-refractivity contribution in [3.8, 4) is 0 Å². The van der Waals surface area contributed by atoms with Gasteiger partial charge in [0, 0.05) is 33.1 Å². The number of carbonyl (C=O) groups excluding carboxylic acids is 2. The Morgan fingerprint density at radius 1 is 1.00 bits per heavy atom. The average molecular weight is 287 g/mol. The van der Waals surface area contributed by atoms with E-state index in [1.165, 1.54) is 6.92 Å². The van der Waals surface area contributed by atoms with Gasteiger partial charge in [-0.15, -0.1) is 0 Å². The van der Waals surface area contributed by atoms with Gasteiger partial charge in [0.1, 0.15) is 0 Å². The quantitative estimate of drug-likeness (QED) is 0.857. The first-order chi connectivity index (χ1) is 9.63. The number of hydrogen-bond acceptors (Lipinski definition) is 3. The van der Waals surface area contributed by atoms with Crippen LogP contribution in [-0.2, 0) is 9.59 Å². The molecular weight excluding hydrogens is 254 g/mol. The van der Waals surface area contributed by atoms with Crippen LogP contribution in [0.3, 0.4) is 0 Å². The third kappa shape index (κ3) is 9.78. The van der Waals surface area contributed by atoms with Crippen molar-refractivity contribution < 1.29 is 9.59 Å². The molecule has 0 unspecified atom stereocenters. The number of hydrogen-bond donors (Lipinski definition) is 1. The van der Waals surface area contributed by atoms with Crippen molar-refractivity contribution in [1.82, 2.24) is 15.1 Å². The Kier molecular flexibility index (Phi) is 15.2. The molecule has 1 saturated heterocycles. The zero-order valence-electron chi connectivity index (χ0n) is 14.2. The largest absolute Gasteiger partial charge is 0.347 e. The molecule has 1 aliphatic rings. The molecule has 0 bridgehead atoms. The maximum Gasteiger partial charge on any atom is 0.242 e. The summed E-state index contributed by atoms with van der Waals surface area (Å²) in [6.07, 6.45) is 1.15. The third-order valence-corrected chi connectivity index (χ3v) is 2.75. The Morgan fingerprint density at radius 2 is 1.50 bits per heavy atom. The summed E-state index contributed by atoms with van der Waals surface area (Å²) < 4.78 is 0. The predicted molar refractivity (Wildman–Crippen MR) is 84.7 cm³/mol. The molecule has 5 heteroatoms. The Bertz CT molecular complexity index is 250. The Hall–Kier alpha value is -1.10. The molecule has 2 amide bonds. The summed E-state index contributed by atoms with van der Waals surface area (Å²) >= 11 is 0. The Balaban J connectivity index is 0. The lowest BCUT2D eigenvalue weighted by Crippen LogP contribution is -2.51. The predicted octanol–water partition coefficient (Wildman–Crippen LogP) is 1.73. The van der Waals surface area contributed by atoms with Gasteiger partial charge in [0.05, 0.1) is 6.54 Å². The van der Waals surface area contributed by atoms with E-state index in [1.807, 2.05) is 32.6 Å². The van der Waals surface area contributed by atoms with Crippen molar-refractivity contribution in [3.05, 3.63) is 0 Å². The number of nitrogens with one attached hydrogen (secondary N) is 1. The maximum atomic E-state index is 11.7. The molecule has 0 radical (unpaired) electrons. The molecule has 1 aliphatic heterocycles. The second kappa shape index (κ2) is 14.3. The van der Waals surface area contributed by atoms with Gasteiger partial charge < -0.3 is 10.2 Å². The first-order valence-electron chi connectivity index (χ1n) is 7.88. The van der Waals surface area contributed by atoms with E-state index in [9.17, 15) is 9.59 Å². The number of amides is 2. The van der Waals surface area contributed by atoms with Crippen molar-refractivity contribution in [2.24, 2.45) is 0 Å². The van der Waals surface area contributed by atoms with Crippen molar-refractivity contribution in [1.29, 1.82) is 0 Å². The Labute approximate surface area is 124 Å². The topological polar surface area (TPSA) is 52.6 Å². The van der Waals surface area contributed by atoms with Crippen molar-refractivity contribution in [2.75, 3.05) is 39.3 Å².